The lowest BCUT2D eigenvalue weighted by atomic mass is 11.2. The quantitative estimate of drug-likeness (QED) is 0.550. The fourth-order valence-corrected chi connectivity index (χ4v) is 3.99. The van der Waals surface area contributed by atoms with Gasteiger partial charge in [0.05, 0.1) is 0 Å². The molecule has 0 atom stereocenters. The highest BCUT2D eigenvalue weighted by Gasteiger charge is 2.11. The van der Waals surface area contributed by atoms with Crippen LogP contribution < -0.4 is 0 Å². The van der Waals surface area contributed by atoms with E-state index >= 15 is 0 Å². The topological polar surface area (TPSA) is 0 Å². The van der Waals surface area contributed by atoms with Gasteiger partial charge in [-0.15, -0.1) is 0 Å². The molecule has 3 heteroatoms. The van der Waals surface area contributed by atoms with E-state index in [4.69, 9.17) is 0 Å². The smallest absolute Gasteiger partial charge is 0.0437 e. The summed E-state index contributed by atoms with van der Waals surface area (Å²) < 4.78 is 3.22. The lowest BCUT2D eigenvalue weighted by molar-refractivity contribution is 2.33. The molecule has 1 aliphatic heterocycles. The van der Waals surface area contributed by atoms with Crippen molar-refractivity contribution in [3.05, 3.63) is 32.4 Å². The van der Waals surface area contributed by atoms with Crippen LogP contribution in [0.4, 0.5) is 0 Å². The Bertz CT molecular complexity index is 135. The van der Waals surface area contributed by atoms with Crippen LogP contribution >= 0.6 is 35.3 Å². The van der Waals surface area contributed by atoms with Gasteiger partial charge in [-0.3, -0.25) is 0 Å². The molecule has 1 rings (SSSR count). The van der Waals surface area contributed by atoms with E-state index in [-0.39, 0.29) is 0 Å². The summed E-state index contributed by atoms with van der Waals surface area (Å²) in [5.41, 5.74) is 0. The lowest BCUT2D eigenvalue weighted by Crippen LogP contribution is -1.76. The summed E-state index contributed by atoms with van der Waals surface area (Å²) in [5, 5.41) is 0. The van der Waals surface area contributed by atoms with Gasteiger partial charge in [0, 0.05) is 12.7 Å². The zero-order chi connectivity index (χ0) is 6.85. The van der Waals surface area contributed by atoms with E-state index in [2.05, 4.69) is 19.7 Å². The predicted octanol–water partition coefficient (Wildman–Crippen LogP) is 3.61. The third-order valence-corrected chi connectivity index (χ3v) is 3.55. The third-order valence-electron chi connectivity index (χ3n) is 0.683. The molecule has 48 valence electrons. The zero-order valence-electron chi connectivity index (χ0n) is 4.85. The van der Waals surface area contributed by atoms with Crippen LogP contribution in [0.15, 0.2) is 32.4 Å². The summed E-state index contributed by atoms with van der Waals surface area (Å²) in [6, 6.07) is 0. The van der Waals surface area contributed by atoms with Crippen LogP contribution in [-0.2, 0) is 0 Å². The molecule has 0 radical (unpaired) electrons. The standard InChI is InChI=1S/C6H6S3/c1-4-7-5(2)9-6(3)8-4/h1-3H2. The van der Waals surface area contributed by atoms with Crippen molar-refractivity contribution in [2.75, 3.05) is 0 Å². The van der Waals surface area contributed by atoms with Crippen LogP contribution in [0.5, 0.6) is 0 Å². The Kier molecular flexibility index (Phi) is 2.38. The van der Waals surface area contributed by atoms with Gasteiger partial charge in [0.2, 0.25) is 0 Å². The summed E-state index contributed by atoms with van der Waals surface area (Å²) in [6.45, 7) is 11.4. The molecule has 1 saturated heterocycles. The van der Waals surface area contributed by atoms with E-state index in [0.717, 1.165) is 12.7 Å². The molecule has 0 aliphatic carbocycles. The van der Waals surface area contributed by atoms with Crippen LogP contribution in [0, 0.1) is 0 Å². The summed E-state index contributed by atoms with van der Waals surface area (Å²) in [7, 11) is 0. The first-order chi connectivity index (χ1) is 4.18. The molecule has 9 heavy (non-hydrogen) atoms. The van der Waals surface area contributed by atoms with Gasteiger partial charge in [-0.1, -0.05) is 55.0 Å². The van der Waals surface area contributed by atoms with Crippen LogP contribution in [0.2, 0.25) is 0 Å². The Balaban J connectivity index is 2.64. The number of thioether (sulfide) groups is 3. The first-order valence-electron chi connectivity index (χ1n) is 2.29. The van der Waals surface area contributed by atoms with Crippen molar-refractivity contribution in [1.29, 1.82) is 0 Å². The first-order valence-corrected chi connectivity index (χ1v) is 4.73. The van der Waals surface area contributed by atoms with Crippen LogP contribution in [0.3, 0.4) is 0 Å². The molecule has 0 saturated carbocycles. The second-order valence-corrected chi connectivity index (χ2v) is 5.77. The molecule has 0 unspecified atom stereocenters. The molecule has 0 bridgehead atoms. The van der Waals surface area contributed by atoms with E-state index in [1.54, 1.807) is 35.3 Å². The van der Waals surface area contributed by atoms with Gasteiger partial charge in [0.25, 0.3) is 0 Å². The number of hydrogen-bond acceptors (Lipinski definition) is 3. The monoisotopic (exact) mass is 174 g/mol. The van der Waals surface area contributed by atoms with Crippen molar-refractivity contribution in [1.82, 2.24) is 0 Å². The summed E-state index contributed by atoms with van der Waals surface area (Å²) in [5.74, 6) is 0. The largest absolute Gasteiger partial charge is 0.0781 e. The second-order valence-electron chi connectivity index (χ2n) is 1.42. The summed E-state index contributed by atoms with van der Waals surface area (Å²) >= 11 is 4.86. The van der Waals surface area contributed by atoms with E-state index in [1.807, 2.05) is 0 Å². The Morgan fingerprint density at radius 1 is 0.667 bits per heavy atom. The van der Waals surface area contributed by atoms with E-state index in [0.29, 0.717) is 0 Å². The van der Waals surface area contributed by atoms with Gasteiger partial charge < -0.3 is 0 Å². The van der Waals surface area contributed by atoms with E-state index < -0.39 is 0 Å². The van der Waals surface area contributed by atoms with E-state index in [1.165, 1.54) is 0 Å². The van der Waals surface area contributed by atoms with Crippen molar-refractivity contribution in [2.24, 2.45) is 0 Å². The average molecular weight is 174 g/mol. The lowest BCUT2D eigenvalue weighted by Gasteiger charge is -2.14. The van der Waals surface area contributed by atoms with Crippen molar-refractivity contribution < 1.29 is 0 Å². The van der Waals surface area contributed by atoms with Crippen LogP contribution in [0.25, 0.3) is 0 Å². The van der Waals surface area contributed by atoms with Crippen molar-refractivity contribution >= 4 is 35.3 Å². The van der Waals surface area contributed by atoms with Crippen molar-refractivity contribution in [3.8, 4) is 0 Å². The molecule has 0 nitrogen and oxygen atoms in total. The van der Waals surface area contributed by atoms with Gasteiger partial charge in [0.1, 0.15) is 0 Å². The molecular formula is C6H6S3. The van der Waals surface area contributed by atoms with Gasteiger partial charge in [-0.2, -0.15) is 0 Å². The van der Waals surface area contributed by atoms with Crippen molar-refractivity contribution in [3.63, 3.8) is 0 Å². The molecule has 0 N–H and O–H groups in total. The van der Waals surface area contributed by atoms with E-state index in [9.17, 15) is 0 Å². The van der Waals surface area contributed by atoms with Crippen LogP contribution in [-0.4, -0.2) is 0 Å². The molecule has 1 heterocycles. The maximum Gasteiger partial charge on any atom is 0.0437 e. The van der Waals surface area contributed by atoms with Crippen molar-refractivity contribution in [2.45, 2.75) is 0 Å². The maximum absolute atomic E-state index is 3.81. The summed E-state index contributed by atoms with van der Waals surface area (Å²) in [6.07, 6.45) is 0. The Labute approximate surface area is 67.9 Å². The first kappa shape index (κ1) is 7.38. The molecule has 0 aromatic heterocycles. The fourth-order valence-electron chi connectivity index (χ4n) is 0.443. The van der Waals surface area contributed by atoms with Crippen LogP contribution in [0.1, 0.15) is 0 Å². The second kappa shape index (κ2) is 2.90. The minimum atomic E-state index is 1.07. The van der Waals surface area contributed by atoms with Gasteiger partial charge in [-0.25, -0.2) is 0 Å². The highest BCUT2D eigenvalue weighted by Crippen LogP contribution is 2.52. The Morgan fingerprint density at radius 3 is 1.11 bits per heavy atom. The molecule has 0 amide bonds. The maximum atomic E-state index is 3.81. The van der Waals surface area contributed by atoms with Gasteiger partial charge >= 0.3 is 0 Å². The zero-order valence-corrected chi connectivity index (χ0v) is 7.30. The molecule has 0 aromatic rings. The normalized spacial score (nSPS) is 20.7. The average Bonchev–Trinajstić information content (AvgIpc) is 1.59. The molecular weight excluding hydrogens is 168 g/mol. The molecule has 0 spiro atoms. The number of hydrogen-bond donors (Lipinski definition) is 0. The molecule has 1 aliphatic rings. The highest BCUT2D eigenvalue weighted by molar-refractivity contribution is 8.43. The SMILES string of the molecule is C=C1SC(=C)SC(=C)S1. The minimum Gasteiger partial charge on any atom is -0.0781 e. The Hall–Kier alpha value is 0.270. The molecule has 0 aromatic carbocycles. The minimum absolute atomic E-state index is 1.07. The number of rotatable bonds is 0. The summed E-state index contributed by atoms with van der Waals surface area (Å²) in [4.78, 5) is 0. The highest BCUT2D eigenvalue weighted by atomic mass is 32.3. The molecule has 1 fully saturated rings. The predicted molar refractivity (Wildman–Crippen MR) is 50.2 cm³/mol. The fraction of sp³-hybridized carbons (Fsp3) is 0. The van der Waals surface area contributed by atoms with Gasteiger partial charge in [-0.05, 0) is 0 Å². The Morgan fingerprint density at radius 2 is 0.889 bits per heavy atom. The van der Waals surface area contributed by atoms with Gasteiger partial charge in [0.15, 0.2) is 0 Å². The third kappa shape index (κ3) is 2.16.